The minimum Gasteiger partial charge on any atom is -0.508 e. The maximum Gasteiger partial charge on any atom is 0.326 e. The molecule has 2 aromatic heterocycles. The first-order valence-corrected chi connectivity index (χ1v) is 38.8. The Kier molecular flexibility index (Phi) is 36.6. The van der Waals surface area contributed by atoms with Crippen LogP contribution in [-0.2, 0) is 102 Å². The number of aromatic nitrogens is 2. The van der Waals surface area contributed by atoms with Gasteiger partial charge in [0.2, 0.25) is 70.9 Å². The summed E-state index contributed by atoms with van der Waals surface area (Å²) in [5.74, 6) is -21.9. The number of nitrogens with two attached hydrogens (primary N) is 1. The number of aromatic hydroxyl groups is 1. The van der Waals surface area contributed by atoms with Gasteiger partial charge in [0, 0.05) is 72.7 Å². The van der Waals surface area contributed by atoms with Gasteiger partial charge in [-0.15, -0.1) is 0 Å². The number of para-hydroxylation sites is 2. The number of carbonyl (C=O) groups is 16. The van der Waals surface area contributed by atoms with Crippen LogP contribution in [0.2, 0.25) is 0 Å². The standard InChI is InChI=1S/C81H107N15O24/c1-39(2)30-55(71(109)91-60(35-64(105)106)74(112)89-59(76(114)95-67(41(5)6)81(119)120)34-47-37-84-52-21-15-13-19-50(47)52)87-72(110)56(32-45-22-24-48(100)25-23-45)88-70(108)54(27-29-63(103)104)85-69(107)53(26-28-62(101)102)86-73(111)58(33-46-36-83-51-20-14-12-18-49(46)51)90-77(115)61(38-97)93-80(118)68(43(8)99)96-75(113)57(31-44-16-10-9-11-17-44)92-79(117)66(40(3)4)94-78(116)65(82)42(7)98/h9-25,36-37,39-43,53-61,65-68,83-84,97-100H,26-35,38,82H2,1-8H3,(H,85,107)(H,86,111)(H,87,110)(H,88,108)(H,89,112)(H,90,115)(H,91,109)(H,92,117)(H,93,118)(H,94,116)(H,95,114)(H,96,113)(H,101,102)(H,103,104)(H,105,106)(H,119,120)/t42-,43-,53+,54+,55+,56+,57+,58+,59+,60+,61+,65+,66+,67+,68+/m1/s1. The molecule has 0 saturated carbocycles. The Balaban J connectivity index is 1.27. The summed E-state index contributed by atoms with van der Waals surface area (Å²) < 4.78 is 0. The van der Waals surface area contributed by atoms with Crippen LogP contribution in [-0.4, -0.2) is 243 Å². The monoisotopic (exact) mass is 1670 g/mol. The molecule has 4 aromatic carbocycles. The number of aromatic amines is 2. The van der Waals surface area contributed by atoms with Gasteiger partial charge in [-0.1, -0.05) is 120 Å². The maximum atomic E-state index is 14.9. The van der Waals surface area contributed by atoms with Gasteiger partial charge in [-0.05, 0) is 97.4 Å². The molecule has 15 atom stereocenters. The first kappa shape index (κ1) is 96.0. The van der Waals surface area contributed by atoms with Crippen LogP contribution in [0, 0.1) is 17.8 Å². The van der Waals surface area contributed by atoms with Crippen LogP contribution in [0.4, 0.5) is 0 Å². The highest BCUT2D eigenvalue weighted by molar-refractivity contribution is 6.01. The number of aliphatic hydroxyl groups is 3. The second kappa shape index (κ2) is 45.7. The van der Waals surface area contributed by atoms with Crippen molar-refractivity contribution in [2.24, 2.45) is 23.5 Å². The van der Waals surface area contributed by atoms with Crippen LogP contribution in [0.5, 0.6) is 5.75 Å². The molecule has 24 N–H and O–H groups in total. The molecule has 2 heterocycles. The summed E-state index contributed by atoms with van der Waals surface area (Å²) in [7, 11) is 0. The largest absolute Gasteiger partial charge is 0.508 e. The third kappa shape index (κ3) is 29.3. The molecular weight excluding hydrogens is 1570 g/mol. The van der Waals surface area contributed by atoms with E-state index in [0.29, 0.717) is 38.5 Å². The van der Waals surface area contributed by atoms with Crippen molar-refractivity contribution in [1.29, 1.82) is 0 Å². The Labute approximate surface area is 689 Å². The molecule has 0 unspecified atom stereocenters. The maximum absolute atomic E-state index is 14.9. The molecule has 0 aliphatic carbocycles. The Bertz CT molecular complexity index is 4610. The van der Waals surface area contributed by atoms with Crippen LogP contribution in [0.1, 0.15) is 116 Å². The number of carbonyl (C=O) groups excluding carboxylic acids is 12. The summed E-state index contributed by atoms with van der Waals surface area (Å²) in [5.41, 5.74) is 8.54. The molecular formula is C81H107N15O24. The third-order valence-electron chi connectivity index (χ3n) is 19.5. The summed E-state index contributed by atoms with van der Waals surface area (Å²) >= 11 is 0. The third-order valence-corrected chi connectivity index (χ3v) is 19.5. The van der Waals surface area contributed by atoms with Crippen molar-refractivity contribution in [3.05, 3.63) is 138 Å². The average Bonchev–Trinajstić information content (AvgIpc) is 1.65. The zero-order chi connectivity index (χ0) is 88.9. The normalized spacial score (nSPS) is 15.1. The molecule has 0 aliphatic heterocycles. The lowest BCUT2D eigenvalue weighted by atomic mass is 9.99. The minimum atomic E-state index is -2.03. The van der Waals surface area contributed by atoms with Crippen LogP contribution in [0.3, 0.4) is 0 Å². The van der Waals surface area contributed by atoms with Crippen molar-refractivity contribution in [3.8, 4) is 5.75 Å². The molecule has 0 fully saturated rings. The molecule has 650 valence electrons. The zero-order valence-electron chi connectivity index (χ0n) is 67.3. The Morgan fingerprint density at radius 2 is 0.708 bits per heavy atom. The minimum absolute atomic E-state index is 0.229. The molecule has 0 radical (unpaired) electrons. The lowest BCUT2D eigenvalue weighted by Gasteiger charge is -2.29. The van der Waals surface area contributed by atoms with E-state index in [-0.39, 0.29) is 30.6 Å². The van der Waals surface area contributed by atoms with Crippen LogP contribution in [0.15, 0.2) is 116 Å². The highest BCUT2D eigenvalue weighted by atomic mass is 16.4. The van der Waals surface area contributed by atoms with E-state index in [0.717, 1.165) is 6.92 Å². The average molecular weight is 1670 g/mol. The fraction of sp³-hybridized carbons (Fsp3) is 0.457. The number of H-pyrrole nitrogens is 2. The van der Waals surface area contributed by atoms with E-state index >= 15 is 0 Å². The first-order chi connectivity index (χ1) is 56.6. The van der Waals surface area contributed by atoms with E-state index in [1.807, 2.05) is 0 Å². The SMILES string of the molecule is CC(C)C[C@H](NC(=O)[C@H](Cc1ccc(O)cc1)NC(=O)[C@H](CCC(=O)O)NC(=O)[C@H](CCC(=O)O)NC(=O)[C@H](Cc1c[nH]c2ccccc12)NC(=O)[C@H](CO)NC(=O)[C@@H](NC(=O)[C@H](Cc1ccccc1)NC(=O)[C@@H](NC(=O)[C@@H](N)[C@@H](C)O)C(C)C)[C@@H](C)O)C(=O)N[C@@H](CC(=O)O)C(=O)N[C@@H](Cc1c[nH]c2ccccc12)C(=O)N[C@H](C(=O)O)C(C)C. The number of phenols is 1. The van der Waals surface area contributed by atoms with E-state index in [9.17, 15) is 118 Å². The van der Waals surface area contributed by atoms with Gasteiger partial charge in [0.25, 0.3) is 0 Å². The Hall–Kier alpha value is -12.9. The first-order valence-electron chi connectivity index (χ1n) is 38.8. The smallest absolute Gasteiger partial charge is 0.326 e. The van der Waals surface area contributed by atoms with E-state index in [1.165, 1.54) is 51.2 Å². The second-order valence-electron chi connectivity index (χ2n) is 30.3. The number of aliphatic hydroxyl groups excluding tert-OH is 3. The van der Waals surface area contributed by atoms with E-state index < -0.39 is 255 Å². The van der Waals surface area contributed by atoms with Gasteiger partial charge in [0.1, 0.15) is 84.3 Å². The van der Waals surface area contributed by atoms with Gasteiger partial charge in [-0.25, -0.2) is 4.79 Å². The highest BCUT2D eigenvalue weighted by Gasteiger charge is 2.40. The van der Waals surface area contributed by atoms with Crippen molar-refractivity contribution in [3.63, 3.8) is 0 Å². The van der Waals surface area contributed by atoms with Crippen molar-refractivity contribution < 1.29 is 118 Å². The number of carboxylic acid groups (broad SMARTS) is 4. The molecule has 12 amide bonds. The number of hydrogen-bond donors (Lipinski definition) is 23. The van der Waals surface area contributed by atoms with Crippen LogP contribution < -0.4 is 69.5 Å². The predicted octanol–water partition coefficient (Wildman–Crippen LogP) is -1.83. The summed E-state index contributed by atoms with van der Waals surface area (Å²) in [6, 6.07) is 4.23. The summed E-state index contributed by atoms with van der Waals surface area (Å²) in [5, 5.41) is 112. The van der Waals surface area contributed by atoms with Gasteiger partial charge < -0.3 is 120 Å². The lowest BCUT2D eigenvalue weighted by molar-refractivity contribution is -0.144. The molecule has 0 spiro atoms. The van der Waals surface area contributed by atoms with Gasteiger partial charge >= 0.3 is 23.9 Å². The molecule has 0 saturated heterocycles. The molecule has 120 heavy (non-hydrogen) atoms. The van der Waals surface area contributed by atoms with Crippen molar-refractivity contribution in [1.82, 2.24) is 73.8 Å². The topological polar surface area (TPSA) is 637 Å². The molecule has 6 aromatic rings. The molecule has 39 heteroatoms. The summed E-state index contributed by atoms with van der Waals surface area (Å²) in [6.45, 7) is 10.6. The van der Waals surface area contributed by atoms with Crippen molar-refractivity contribution in [2.75, 3.05) is 6.61 Å². The van der Waals surface area contributed by atoms with Crippen molar-refractivity contribution >= 4 is 117 Å². The fourth-order valence-corrected chi connectivity index (χ4v) is 12.8. The summed E-state index contributed by atoms with van der Waals surface area (Å²) in [6.07, 6.45) is -6.18. The highest BCUT2D eigenvalue weighted by Crippen LogP contribution is 2.23. The van der Waals surface area contributed by atoms with Crippen molar-refractivity contribution in [2.45, 2.75) is 210 Å². The van der Waals surface area contributed by atoms with Gasteiger partial charge in [-0.2, -0.15) is 0 Å². The zero-order valence-corrected chi connectivity index (χ0v) is 67.3. The molecule has 6 rings (SSSR count). The van der Waals surface area contributed by atoms with E-state index in [4.69, 9.17) is 5.73 Å². The van der Waals surface area contributed by atoms with Gasteiger partial charge in [-0.3, -0.25) is 71.9 Å². The number of amides is 12. The number of fused-ring (bicyclic) bond motifs is 2. The number of hydrogen-bond acceptors (Lipinski definition) is 21. The predicted molar refractivity (Wildman–Crippen MR) is 430 cm³/mol. The number of carboxylic acids is 4. The molecule has 39 nitrogen and oxygen atoms in total. The van der Waals surface area contributed by atoms with Gasteiger partial charge in [0.15, 0.2) is 0 Å². The second-order valence-corrected chi connectivity index (χ2v) is 30.3. The quantitative estimate of drug-likeness (QED) is 0.0200. The lowest BCUT2D eigenvalue weighted by Crippen LogP contribution is -2.63. The fourth-order valence-electron chi connectivity index (χ4n) is 12.8. The number of nitrogens with one attached hydrogen (secondary N) is 14. The van der Waals surface area contributed by atoms with E-state index in [2.05, 4.69) is 73.8 Å². The molecule has 0 bridgehead atoms. The number of rotatable bonds is 48. The Morgan fingerprint density at radius 3 is 1.13 bits per heavy atom. The van der Waals surface area contributed by atoms with Crippen LogP contribution in [0.25, 0.3) is 21.8 Å². The van der Waals surface area contributed by atoms with Crippen LogP contribution >= 0.6 is 0 Å². The summed E-state index contributed by atoms with van der Waals surface area (Å²) in [4.78, 5) is 228. The van der Waals surface area contributed by atoms with Gasteiger partial charge in [0.05, 0.1) is 25.2 Å². The Morgan fingerprint density at radius 1 is 0.358 bits per heavy atom. The molecule has 0 aliphatic rings. The van der Waals surface area contributed by atoms with E-state index in [1.54, 1.807) is 113 Å². The number of phenolic OH excluding ortho intramolecular Hbond substituents is 1. The number of benzene rings is 4. The number of aliphatic carboxylic acids is 4.